The van der Waals surface area contributed by atoms with Gasteiger partial charge in [-0.2, -0.15) is 8.78 Å². The summed E-state index contributed by atoms with van der Waals surface area (Å²) in [6.07, 6.45) is 18.5. The van der Waals surface area contributed by atoms with E-state index >= 15 is 0 Å². The van der Waals surface area contributed by atoms with Gasteiger partial charge >= 0.3 is 6.61 Å². The summed E-state index contributed by atoms with van der Waals surface area (Å²) in [5, 5.41) is 0. The van der Waals surface area contributed by atoms with Gasteiger partial charge in [0.15, 0.2) is 0 Å². The first-order chi connectivity index (χ1) is 12.2. The zero-order valence-electron chi connectivity index (χ0n) is 15.9. The fourth-order valence-corrected chi connectivity index (χ4v) is 5.75. The van der Waals surface area contributed by atoms with E-state index in [1.54, 1.807) is 5.57 Å². The summed E-state index contributed by atoms with van der Waals surface area (Å²) in [5.74, 6) is 3.51. The van der Waals surface area contributed by atoms with E-state index in [-0.39, 0.29) is 6.10 Å². The van der Waals surface area contributed by atoms with Crippen LogP contribution in [-0.2, 0) is 4.74 Å². The van der Waals surface area contributed by atoms with Gasteiger partial charge in [0.2, 0.25) is 0 Å². The van der Waals surface area contributed by atoms with Crippen molar-refractivity contribution >= 4 is 0 Å². The molecule has 1 unspecified atom stereocenters. The second-order valence-electron chi connectivity index (χ2n) is 8.75. The molecule has 1 atom stereocenters. The van der Waals surface area contributed by atoms with E-state index in [4.69, 9.17) is 4.74 Å². The van der Waals surface area contributed by atoms with Gasteiger partial charge in [0.25, 0.3) is 0 Å². The van der Waals surface area contributed by atoms with E-state index in [0.29, 0.717) is 5.92 Å². The minimum atomic E-state index is -2.61. The van der Waals surface area contributed by atoms with Crippen molar-refractivity contribution in [1.82, 2.24) is 0 Å². The van der Waals surface area contributed by atoms with Crippen molar-refractivity contribution in [2.24, 2.45) is 23.7 Å². The van der Waals surface area contributed by atoms with Gasteiger partial charge in [-0.25, -0.2) is 0 Å². The molecule has 0 spiro atoms. The van der Waals surface area contributed by atoms with Gasteiger partial charge in [0.1, 0.15) is 0 Å². The summed E-state index contributed by atoms with van der Waals surface area (Å²) in [6, 6.07) is 0. The molecule has 3 heteroatoms. The first-order valence-electron chi connectivity index (χ1n) is 10.8. The molecular formula is C22H36F2O. The monoisotopic (exact) mass is 354 g/mol. The van der Waals surface area contributed by atoms with Crippen molar-refractivity contribution in [2.75, 3.05) is 0 Å². The molecule has 0 aliphatic heterocycles. The molecule has 3 aliphatic rings. The molecular weight excluding hydrogens is 318 g/mol. The normalized spacial score (nSPS) is 37.1. The zero-order chi connectivity index (χ0) is 17.6. The highest BCUT2D eigenvalue weighted by Gasteiger charge is 2.31. The molecule has 3 aliphatic carbocycles. The van der Waals surface area contributed by atoms with Crippen molar-refractivity contribution in [3.05, 3.63) is 11.6 Å². The Kier molecular flexibility index (Phi) is 7.33. The highest BCUT2D eigenvalue weighted by molar-refractivity contribution is 5.12. The number of halogens is 2. The lowest BCUT2D eigenvalue weighted by Gasteiger charge is -2.37. The Hall–Kier alpha value is -0.440. The number of alkyl halides is 2. The van der Waals surface area contributed by atoms with Crippen molar-refractivity contribution in [1.29, 1.82) is 0 Å². The largest absolute Gasteiger partial charge is 0.345 e. The Morgan fingerprint density at radius 1 is 0.960 bits per heavy atom. The summed E-state index contributed by atoms with van der Waals surface area (Å²) < 4.78 is 29.3. The Labute approximate surface area is 152 Å². The van der Waals surface area contributed by atoms with E-state index in [1.807, 2.05) is 0 Å². The van der Waals surface area contributed by atoms with Gasteiger partial charge in [-0.05, 0) is 81.5 Å². The van der Waals surface area contributed by atoms with Gasteiger partial charge in [0, 0.05) is 0 Å². The van der Waals surface area contributed by atoms with Crippen molar-refractivity contribution < 1.29 is 13.5 Å². The topological polar surface area (TPSA) is 9.23 Å². The van der Waals surface area contributed by atoms with Gasteiger partial charge in [-0.15, -0.1) is 0 Å². The summed E-state index contributed by atoms with van der Waals surface area (Å²) >= 11 is 0. The number of hydrogen-bond donors (Lipinski definition) is 0. The zero-order valence-corrected chi connectivity index (χ0v) is 15.9. The van der Waals surface area contributed by atoms with E-state index < -0.39 is 6.61 Å². The molecule has 2 saturated carbocycles. The molecule has 0 aromatic heterocycles. The molecule has 2 fully saturated rings. The lowest BCUT2D eigenvalue weighted by molar-refractivity contribution is -0.170. The molecule has 0 N–H and O–H groups in total. The van der Waals surface area contributed by atoms with Gasteiger partial charge in [-0.1, -0.05) is 44.3 Å². The quantitative estimate of drug-likeness (QED) is 0.461. The molecule has 0 bridgehead atoms. The van der Waals surface area contributed by atoms with Gasteiger partial charge in [0.05, 0.1) is 6.10 Å². The second kappa shape index (κ2) is 9.48. The predicted molar refractivity (Wildman–Crippen MR) is 98.6 cm³/mol. The van der Waals surface area contributed by atoms with Crippen LogP contribution in [0.5, 0.6) is 0 Å². The standard InChI is InChI=1S/C22H36F2O/c1-2-3-16-4-6-17(7-5-16)18-8-10-19(11-9-18)20-12-14-21(15-13-20)25-22(23)24/h10,16-18,20-22H,2-9,11-15H2,1H3. The average molecular weight is 355 g/mol. The third-order valence-electron chi connectivity index (χ3n) is 7.24. The number of rotatable bonds is 6. The lowest BCUT2D eigenvalue weighted by atomic mass is 9.69. The van der Waals surface area contributed by atoms with Crippen LogP contribution in [0.1, 0.15) is 90.4 Å². The molecule has 0 radical (unpaired) electrons. The van der Waals surface area contributed by atoms with Crippen LogP contribution in [0.15, 0.2) is 11.6 Å². The maximum atomic E-state index is 12.3. The molecule has 0 heterocycles. The Bertz CT molecular complexity index is 418. The number of hydrogen-bond acceptors (Lipinski definition) is 1. The summed E-state index contributed by atoms with van der Waals surface area (Å²) in [5.41, 5.74) is 1.63. The first-order valence-corrected chi connectivity index (χ1v) is 10.8. The maximum Gasteiger partial charge on any atom is 0.345 e. The summed E-state index contributed by atoms with van der Waals surface area (Å²) in [7, 11) is 0. The van der Waals surface area contributed by atoms with E-state index in [2.05, 4.69) is 13.0 Å². The molecule has 0 saturated heterocycles. The fraction of sp³-hybridized carbons (Fsp3) is 0.909. The average Bonchev–Trinajstić information content (AvgIpc) is 2.63. The summed E-state index contributed by atoms with van der Waals surface area (Å²) in [4.78, 5) is 0. The Morgan fingerprint density at radius 3 is 2.24 bits per heavy atom. The number of allylic oxidation sites excluding steroid dienone is 2. The number of ether oxygens (including phenoxy) is 1. The molecule has 3 rings (SSSR count). The SMILES string of the molecule is CCCC1CCC(C2CC=C(C3CCC(OC(F)F)CC3)CC2)CC1. The molecule has 0 aromatic carbocycles. The van der Waals surface area contributed by atoms with Gasteiger partial charge < -0.3 is 4.74 Å². The van der Waals surface area contributed by atoms with E-state index in [0.717, 1.165) is 43.4 Å². The smallest absolute Gasteiger partial charge is 0.320 e. The fourth-order valence-electron chi connectivity index (χ4n) is 5.75. The first kappa shape index (κ1) is 19.3. The lowest BCUT2D eigenvalue weighted by Crippen LogP contribution is -2.27. The van der Waals surface area contributed by atoms with Gasteiger partial charge in [-0.3, -0.25) is 0 Å². The Balaban J connectivity index is 1.41. The maximum absolute atomic E-state index is 12.3. The van der Waals surface area contributed by atoms with Crippen LogP contribution >= 0.6 is 0 Å². The van der Waals surface area contributed by atoms with Crippen LogP contribution in [0.25, 0.3) is 0 Å². The minimum Gasteiger partial charge on any atom is -0.320 e. The van der Waals surface area contributed by atoms with Crippen LogP contribution in [0.3, 0.4) is 0 Å². The van der Waals surface area contributed by atoms with Crippen molar-refractivity contribution in [3.63, 3.8) is 0 Å². The predicted octanol–water partition coefficient (Wildman–Crippen LogP) is 7.12. The van der Waals surface area contributed by atoms with Crippen LogP contribution < -0.4 is 0 Å². The van der Waals surface area contributed by atoms with Crippen LogP contribution in [0, 0.1) is 23.7 Å². The van der Waals surface area contributed by atoms with Crippen molar-refractivity contribution in [2.45, 2.75) is 103 Å². The molecule has 25 heavy (non-hydrogen) atoms. The third-order valence-corrected chi connectivity index (χ3v) is 7.24. The van der Waals surface area contributed by atoms with Crippen LogP contribution in [0.4, 0.5) is 8.78 Å². The third kappa shape index (κ3) is 5.52. The highest BCUT2D eigenvalue weighted by Crippen LogP contribution is 2.43. The second-order valence-corrected chi connectivity index (χ2v) is 8.75. The van der Waals surface area contributed by atoms with Crippen LogP contribution in [-0.4, -0.2) is 12.7 Å². The molecule has 0 aromatic rings. The van der Waals surface area contributed by atoms with Crippen molar-refractivity contribution in [3.8, 4) is 0 Å². The Morgan fingerprint density at radius 2 is 1.68 bits per heavy atom. The molecule has 1 nitrogen and oxygen atoms in total. The van der Waals surface area contributed by atoms with Crippen LogP contribution in [0.2, 0.25) is 0 Å². The summed E-state index contributed by atoms with van der Waals surface area (Å²) in [6.45, 7) is -0.296. The minimum absolute atomic E-state index is 0.216. The molecule has 0 amide bonds. The molecule has 144 valence electrons. The van der Waals surface area contributed by atoms with E-state index in [1.165, 1.54) is 57.8 Å². The highest BCUT2D eigenvalue weighted by atomic mass is 19.3. The van der Waals surface area contributed by atoms with E-state index in [9.17, 15) is 8.78 Å².